The molecule has 0 aromatic rings. The van der Waals surface area contributed by atoms with Gasteiger partial charge in [-0.25, -0.2) is 0 Å². The molecule has 0 amide bonds. The molecule has 0 unspecified atom stereocenters. The van der Waals surface area contributed by atoms with Crippen molar-refractivity contribution in [1.82, 2.24) is 0 Å². The third kappa shape index (κ3) is 8.86. The van der Waals surface area contributed by atoms with E-state index in [1.54, 1.807) is 0 Å². The maximum Gasteiger partial charge on any atom is 0 e. The molecule has 0 spiro atoms. The van der Waals surface area contributed by atoms with Crippen LogP contribution in [-0.4, -0.2) is 37.7 Å². The van der Waals surface area contributed by atoms with Gasteiger partial charge in [0.25, 0.3) is 0 Å². The molecule has 0 heterocycles. The van der Waals surface area contributed by atoms with E-state index in [1.165, 1.54) is 0 Å². The van der Waals surface area contributed by atoms with Crippen molar-refractivity contribution in [2.75, 3.05) is 0 Å². The van der Waals surface area contributed by atoms with Crippen LogP contribution in [0.15, 0.2) is 0 Å². The molecule has 3 heteroatoms. The first-order valence-electron chi connectivity index (χ1n) is 0. The summed E-state index contributed by atoms with van der Waals surface area (Å²) >= 11 is 0. The third-order valence-corrected chi connectivity index (χ3v) is 0. The molecule has 0 saturated heterocycles. The predicted molar refractivity (Wildman–Crippen MR) is 9.00 cm³/mol. The normalized spacial score (nSPS) is 0. The van der Waals surface area contributed by atoms with Crippen molar-refractivity contribution in [2.24, 2.45) is 0 Å². The maximum absolute atomic E-state index is 0. The second kappa shape index (κ2) is 18.6. The predicted octanol–water partition coefficient (Wildman–Crippen LogP) is -0.305. The Morgan fingerprint density at radius 1 is 1.00 bits per heavy atom. The van der Waals surface area contributed by atoms with Gasteiger partial charge in [-0.1, -0.05) is 0 Å². The van der Waals surface area contributed by atoms with Gasteiger partial charge in [-0.15, -0.1) is 0 Å². The van der Waals surface area contributed by atoms with Gasteiger partial charge in [0.05, 0.1) is 0 Å². The minimum absolute atomic E-state index is 0. The van der Waals surface area contributed by atoms with Crippen molar-refractivity contribution in [3.8, 4) is 0 Å². The van der Waals surface area contributed by atoms with E-state index in [4.69, 9.17) is 0 Å². The van der Waals surface area contributed by atoms with Crippen LogP contribution in [0.5, 0.6) is 0 Å². The van der Waals surface area contributed by atoms with Gasteiger partial charge in [-0.3, -0.25) is 0 Å². The van der Waals surface area contributed by atoms with Gasteiger partial charge in [0.15, 0.2) is 0 Å². The SMILES string of the molecule is [C].[Ca].[Fe].[Ni]. The molecule has 6 radical (unpaired) electrons. The van der Waals surface area contributed by atoms with Crippen molar-refractivity contribution < 1.29 is 33.6 Å². The molecule has 0 aliphatic rings. The monoisotopic (exact) mass is 166 g/mol. The molecule has 0 aliphatic carbocycles. The summed E-state index contributed by atoms with van der Waals surface area (Å²) in [6.45, 7) is 0. The largest absolute Gasteiger partial charge is 0 e. The Morgan fingerprint density at radius 3 is 1.00 bits per heavy atom. The summed E-state index contributed by atoms with van der Waals surface area (Å²) in [4.78, 5) is 0. The Balaban J connectivity index is 0. The number of rotatable bonds is 0. The maximum atomic E-state index is 0. The summed E-state index contributed by atoms with van der Waals surface area (Å²) in [5, 5.41) is 0. The minimum atomic E-state index is 0. The Bertz CT molecular complexity index is 8.00. The standard InChI is InChI=1S/C.Ca.Fe.Ni. The van der Waals surface area contributed by atoms with Crippen LogP contribution in [0.4, 0.5) is 0 Å². The van der Waals surface area contributed by atoms with E-state index in [-0.39, 0.29) is 78.7 Å². The molecule has 4 heavy (non-hydrogen) atoms. The fourth-order valence-corrected chi connectivity index (χ4v) is 0. The molecule has 0 atom stereocenters. The van der Waals surface area contributed by atoms with Crippen molar-refractivity contribution in [2.45, 2.75) is 0 Å². The van der Waals surface area contributed by atoms with Crippen LogP contribution in [0.25, 0.3) is 0 Å². The molecular formula is CCaFeNi. The molecule has 0 aromatic carbocycles. The fourth-order valence-electron chi connectivity index (χ4n) is 0. The summed E-state index contributed by atoms with van der Waals surface area (Å²) < 4.78 is 0. The molecule has 24 valence electrons. The number of hydrogen-bond donors (Lipinski definition) is 0. The molecule has 0 bridgehead atoms. The zero-order chi connectivity index (χ0) is 0. The van der Waals surface area contributed by atoms with Crippen LogP contribution >= 0.6 is 0 Å². The first-order valence-corrected chi connectivity index (χ1v) is 0. The van der Waals surface area contributed by atoms with Crippen molar-refractivity contribution in [1.29, 1.82) is 0 Å². The van der Waals surface area contributed by atoms with Gasteiger partial charge in [0.1, 0.15) is 0 Å². The first-order chi connectivity index (χ1) is 0. The smallest absolute Gasteiger partial charge is 0 e. The first kappa shape index (κ1) is 33.8. The van der Waals surface area contributed by atoms with Crippen LogP contribution in [0.2, 0.25) is 0 Å². The molecule has 0 rings (SSSR count). The van der Waals surface area contributed by atoms with Gasteiger partial charge in [-0.2, -0.15) is 0 Å². The Morgan fingerprint density at radius 2 is 1.00 bits per heavy atom. The second-order valence-corrected chi connectivity index (χ2v) is 0. The zero-order valence-corrected chi connectivity index (χ0v) is 6.18. The summed E-state index contributed by atoms with van der Waals surface area (Å²) in [6, 6.07) is 0. The van der Waals surface area contributed by atoms with E-state index < -0.39 is 0 Å². The van der Waals surface area contributed by atoms with Crippen LogP contribution in [0, 0.1) is 7.43 Å². The molecular weight excluding hydrogens is 167 g/mol. The van der Waals surface area contributed by atoms with Gasteiger partial charge >= 0.3 is 0 Å². The fraction of sp³-hybridized carbons (Fsp3) is 0. The Kier molecular flexibility index (Phi) is 157. The molecule has 0 nitrogen and oxygen atoms in total. The summed E-state index contributed by atoms with van der Waals surface area (Å²) in [6.07, 6.45) is 0. The van der Waals surface area contributed by atoms with E-state index in [0.29, 0.717) is 0 Å². The van der Waals surface area contributed by atoms with E-state index in [9.17, 15) is 0 Å². The van der Waals surface area contributed by atoms with Crippen molar-refractivity contribution in [3.05, 3.63) is 7.43 Å². The summed E-state index contributed by atoms with van der Waals surface area (Å²) in [7, 11) is 0. The average molecular weight is 167 g/mol. The van der Waals surface area contributed by atoms with E-state index >= 15 is 0 Å². The quantitative estimate of drug-likeness (QED) is 0.434. The van der Waals surface area contributed by atoms with Crippen LogP contribution in [0.1, 0.15) is 0 Å². The second-order valence-electron chi connectivity index (χ2n) is 0. The van der Waals surface area contributed by atoms with Gasteiger partial charge in [0.2, 0.25) is 0 Å². The molecule has 0 N–H and O–H groups in total. The topological polar surface area (TPSA) is 0 Å². The van der Waals surface area contributed by atoms with Crippen molar-refractivity contribution in [3.63, 3.8) is 0 Å². The van der Waals surface area contributed by atoms with Gasteiger partial charge in [-0.05, 0) is 0 Å². The van der Waals surface area contributed by atoms with E-state index in [1.807, 2.05) is 0 Å². The molecule has 0 aromatic heterocycles. The Hall–Kier alpha value is 2.27. The molecule has 0 aliphatic heterocycles. The van der Waals surface area contributed by atoms with E-state index in [0.717, 1.165) is 0 Å². The Labute approximate surface area is 77.5 Å². The van der Waals surface area contributed by atoms with Gasteiger partial charge in [0, 0.05) is 78.7 Å². The molecule has 0 fully saturated rings. The molecule has 0 saturated carbocycles. The van der Waals surface area contributed by atoms with Crippen LogP contribution in [0.3, 0.4) is 0 Å². The summed E-state index contributed by atoms with van der Waals surface area (Å²) in [5.74, 6) is 0. The minimum Gasteiger partial charge on any atom is 0 e. The van der Waals surface area contributed by atoms with Crippen LogP contribution in [-0.2, 0) is 33.6 Å². The van der Waals surface area contributed by atoms with Gasteiger partial charge < -0.3 is 0 Å². The van der Waals surface area contributed by atoms with Crippen LogP contribution < -0.4 is 0 Å². The number of hydrogen-bond acceptors (Lipinski definition) is 0. The average Bonchev–Trinajstić information content (AvgIpc) is 0. The zero-order valence-electron chi connectivity index (χ0n) is 1.88. The third-order valence-electron chi connectivity index (χ3n) is 0. The van der Waals surface area contributed by atoms with E-state index in [2.05, 4.69) is 0 Å². The van der Waals surface area contributed by atoms with Crippen molar-refractivity contribution >= 4 is 37.7 Å². The summed E-state index contributed by atoms with van der Waals surface area (Å²) in [5.41, 5.74) is 0.